The number of aliphatic hydroxyl groups is 1. The Kier molecular flexibility index (Phi) is 5.16. The molecule has 3 nitrogen and oxygen atoms in total. The summed E-state index contributed by atoms with van der Waals surface area (Å²) in [6.07, 6.45) is -0.479. The van der Waals surface area contributed by atoms with Gasteiger partial charge in [0.2, 0.25) is 0 Å². The molecule has 0 radical (unpaired) electrons. The van der Waals surface area contributed by atoms with Crippen LogP contribution in [0.15, 0.2) is 48.5 Å². The molecular formula is C17H21NO2. The Morgan fingerprint density at radius 3 is 2.40 bits per heavy atom. The Morgan fingerprint density at radius 2 is 1.70 bits per heavy atom. The molecule has 106 valence electrons. The van der Waals surface area contributed by atoms with Crippen molar-refractivity contribution in [1.82, 2.24) is 0 Å². The minimum absolute atomic E-state index is 0.479. The average Bonchev–Trinajstić information content (AvgIpc) is 2.47. The summed E-state index contributed by atoms with van der Waals surface area (Å²) in [5, 5.41) is 13.2. The molecule has 0 heterocycles. The molecule has 1 unspecified atom stereocenters. The maximum absolute atomic E-state index is 9.78. The highest BCUT2D eigenvalue weighted by Crippen LogP contribution is 2.23. The summed E-state index contributed by atoms with van der Waals surface area (Å²) in [5.74, 6) is 0. The molecular weight excluding hydrogens is 250 g/mol. The molecule has 0 aromatic heterocycles. The summed E-state index contributed by atoms with van der Waals surface area (Å²) < 4.78 is 5.21. The van der Waals surface area contributed by atoms with Gasteiger partial charge in [-0.1, -0.05) is 42.5 Å². The van der Waals surface area contributed by atoms with Crippen molar-refractivity contribution in [3.63, 3.8) is 0 Å². The molecule has 0 aliphatic rings. The number of para-hydroxylation sites is 1. The first-order valence-electron chi connectivity index (χ1n) is 6.79. The van der Waals surface area contributed by atoms with Gasteiger partial charge in [0.25, 0.3) is 0 Å². The Bertz CT molecular complexity index is 552. The topological polar surface area (TPSA) is 41.5 Å². The van der Waals surface area contributed by atoms with Crippen LogP contribution in [0.1, 0.15) is 29.7 Å². The van der Waals surface area contributed by atoms with Crippen LogP contribution in [0.5, 0.6) is 0 Å². The van der Waals surface area contributed by atoms with Gasteiger partial charge in [-0.15, -0.1) is 0 Å². The number of ether oxygens (including phenoxy) is 1. The van der Waals surface area contributed by atoms with Crippen molar-refractivity contribution in [3.05, 3.63) is 65.2 Å². The van der Waals surface area contributed by atoms with Crippen LogP contribution in [0.2, 0.25) is 0 Å². The third-order valence-electron chi connectivity index (χ3n) is 3.30. The van der Waals surface area contributed by atoms with Gasteiger partial charge in [-0.3, -0.25) is 0 Å². The van der Waals surface area contributed by atoms with Gasteiger partial charge in [0.15, 0.2) is 0 Å². The highest BCUT2D eigenvalue weighted by atomic mass is 16.5. The number of anilines is 1. The zero-order chi connectivity index (χ0) is 14.4. The lowest BCUT2D eigenvalue weighted by molar-refractivity contribution is 0.184. The highest BCUT2D eigenvalue weighted by Gasteiger charge is 2.07. The fraction of sp³-hybridized carbons (Fsp3) is 0.294. The zero-order valence-electron chi connectivity index (χ0n) is 12.0. The monoisotopic (exact) mass is 271 g/mol. The van der Waals surface area contributed by atoms with Crippen LogP contribution < -0.4 is 5.32 Å². The van der Waals surface area contributed by atoms with Crippen LogP contribution in [0, 0.1) is 0 Å². The van der Waals surface area contributed by atoms with Gasteiger partial charge < -0.3 is 15.2 Å². The van der Waals surface area contributed by atoms with Crippen molar-refractivity contribution in [1.29, 1.82) is 0 Å². The number of rotatable bonds is 6. The van der Waals surface area contributed by atoms with Crippen LogP contribution in [0.4, 0.5) is 5.69 Å². The predicted octanol–water partition coefficient (Wildman–Crippen LogP) is 3.50. The van der Waals surface area contributed by atoms with E-state index in [0.717, 1.165) is 11.3 Å². The molecule has 3 heteroatoms. The van der Waals surface area contributed by atoms with Gasteiger partial charge in [0.05, 0.1) is 12.7 Å². The first kappa shape index (κ1) is 14.6. The van der Waals surface area contributed by atoms with E-state index in [9.17, 15) is 5.11 Å². The van der Waals surface area contributed by atoms with E-state index in [2.05, 4.69) is 17.4 Å². The van der Waals surface area contributed by atoms with Crippen LogP contribution in [-0.2, 0) is 17.9 Å². The molecule has 2 N–H and O–H groups in total. The lowest BCUT2D eigenvalue weighted by atomic mass is 10.1. The first-order chi connectivity index (χ1) is 9.72. The van der Waals surface area contributed by atoms with E-state index in [4.69, 9.17) is 4.74 Å². The van der Waals surface area contributed by atoms with Crippen LogP contribution in [0.25, 0.3) is 0 Å². The lowest BCUT2D eigenvalue weighted by Crippen LogP contribution is -2.06. The Hall–Kier alpha value is -1.84. The van der Waals surface area contributed by atoms with E-state index >= 15 is 0 Å². The normalized spacial score (nSPS) is 12.2. The third kappa shape index (κ3) is 3.59. The number of hydrogen-bond acceptors (Lipinski definition) is 3. The van der Waals surface area contributed by atoms with Crippen molar-refractivity contribution in [2.75, 3.05) is 12.4 Å². The number of benzene rings is 2. The second kappa shape index (κ2) is 7.08. The van der Waals surface area contributed by atoms with Gasteiger partial charge in [0, 0.05) is 24.9 Å². The van der Waals surface area contributed by atoms with Crippen molar-refractivity contribution in [2.45, 2.75) is 26.2 Å². The second-order valence-corrected chi connectivity index (χ2v) is 4.82. The molecule has 0 spiro atoms. The zero-order valence-corrected chi connectivity index (χ0v) is 12.0. The van der Waals surface area contributed by atoms with E-state index in [0.29, 0.717) is 13.2 Å². The Labute approximate surface area is 120 Å². The number of nitrogens with one attached hydrogen (secondary N) is 1. The third-order valence-corrected chi connectivity index (χ3v) is 3.30. The summed E-state index contributed by atoms with van der Waals surface area (Å²) in [4.78, 5) is 0. The molecule has 20 heavy (non-hydrogen) atoms. The quantitative estimate of drug-likeness (QED) is 0.845. The van der Waals surface area contributed by atoms with Gasteiger partial charge >= 0.3 is 0 Å². The van der Waals surface area contributed by atoms with Crippen LogP contribution >= 0.6 is 0 Å². The maximum Gasteiger partial charge on any atom is 0.0781 e. The molecule has 1 atom stereocenters. The van der Waals surface area contributed by atoms with Gasteiger partial charge in [-0.2, -0.15) is 0 Å². The molecule has 2 aromatic carbocycles. The highest BCUT2D eigenvalue weighted by molar-refractivity contribution is 5.52. The molecule has 0 fully saturated rings. The number of methoxy groups -OCH3 is 1. The molecule has 2 rings (SSSR count). The Balaban J connectivity index is 2.13. The van der Waals surface area contributed by atoms with E-state index in [1.807, 2.05) is 36.4 Å². The minimum atomic E-state index is -0.479. The fourth-order valence-corrected chi connectivity index (χ4v) is 2.24. The smallest absolute Gasteiger partial charge is 0.0781 e. The van der Waals surface area contributed by atoms with E-state index < -0.39 is 6.10 Å². The maximum atomic E-state index is 9.78. The Morgan fingerprint density at radius 1 is 1.05 bits per heavy atom. The van der Waals surface area contributed by atoms with Crippen LogP contribution in [0.3, 0.4) is 0 Å². The predicted molar refractivity (Wildman–Crippen MR) is 81.6 cm³/mol. The SMILES string of the molecule is COCc1ccccc1CNc1ccccc1C(C)O. The van der Waals surface area contributed by atoms with E-state index in [1.165, 1.54) is 11.1 Å². The lowest BCUT2D eigenvalue weighted by Gasteiger charge is -2.15. The number of aliphatic hydroxyl groups excluding tert-OH is 1. The summed E-state index contributed by atoms with van der Waals surface area (Å²) in [5.41, 5.74) is 4.26. The van der Waals surface area contributed by atoms with Crippen molar-refractivity contribution in [2.24, 2.45) is 0 Å². The van der Waals surface area contributed by atoms with Crippen LogP contribution in [-0.4, -0.2) is 12.2 Å². The molecule has 2 aromatic rings. The molecule has 0 saturated carbocycles. The summed E-state index contributed by atoms with van der Waals surface area (Å²) >= 11 is 0. The summed E-state index contributed by atoms with van der Waals surface area (Å²) in [6, 6.07) is 16.0. The van der Waals surface area contributed by atoms with Crippen molar-refractivity contribution in [3.8, 4) is 0 Å². The van der Waals surface area contributed by atoms with Gasteiger partial charge in [0.1, 0.15) is 0 Å². The minimum Gasteiger partial charge on any atom is -0.389 e. The fourth-order valence-electron chi connectivity index (χ4n) is 2.24. The molecule has 0 aliphatic heterocycles. The second-order valence-electron chi connectivity index (χ2n) is 4.82. The average molecular weight is 271 g/mol. The molecule has 0 aliphatic carbocycles. The largest absolute Gasteiger partial charge is 0.389 e. The molecule has 0 saturated heterocycles. The molecule has 0 bridgehead atoms. The molecule has 0 amide bonds. The van der Waals surface area contributed by atoms with E-state index in [1.54, 1.807) is 14.0 Å². The van der Waals surface area contributed by atoms with Crippen molar-refractivity contribution >= 4 is 5.69 Å². The first-order valence-corrected chi connectivity index (χ1v) is 6.79. The number of hydrogen-bond donors (Lipinski definition) is 2. The van der Waals surface area contributed by atoms with E-state index in [-0.39, 0.29) is 0 Å². The standard InChI is InChI=1S/C17H21NO2/c1-13(19)16-9-5-6-10-17(16)18-11-14-7-3-4-8-15(14)12-20-2/h3-10,13,18-19H,11-12H2,1-2H3. The summed E-state index contributed by atoms with van der Waals surface area (Å²) in [7, 11) is 1.70. The van der Waals surface area contributed by atoms with Crippen molar-refractivity contribution < 1.29 is 9.84 Å². The van der Waals surface area contributed by atoms with Gasteiger partial charge in [-0.25, -0.2) is 0 Å². The van der Waals surface area contributed by atoms with Gasteiger partial charge in [-0.05, 0) is 24.1 Å². The summed E-state index contributed by atoms with van der Waals surface area (Å²) in [6.45, 7) is 3.10.